The fourth-order valence-corrected chi connectivity index (χ4v) is 3.79. The van der Waals surface area contributed by atoms with Gasteiger partial charge in [-0.2, -0.15) is 13.2 Å². The van der Waals surface area contributed by atoms with Gasteiger partial charge < -0.3 is 14.8 Å². The van der Waals surface area contributed by atoms with E-state index >= 15 is 0 Å². The molecular formula is C23H23F3N2O3S. The van der Waals surface area contributed by atoms with Crippen LogP contribution < -0.4 is 14.8 Å². The fourth-order valence-electron chi connectivity index (χ4n) is 2.94. The molecule has 32 heavy (non-hydrogen) atoms. The molecule has 0 fully saturated rings. The van der Waals surface area contributed by atoms with Gasteiger partial charge in [-0.25, -0.2) is 4.98 Å². The molecule has 0 aliphatic heterocycles. The predicted octanol–water partition coefficient (Wildman–Crippen LogP) is 6.20. The summed E-state index contributed by atoms with van der Waals surface area (Å²) in [6.07, 6.45) is -3.93. The Kier molecular flexibility index (Phi) is 7.74. The molecule has 0 aliphatic rings. The van der Waals surface area contributed by atoms with Crippen LogP contribution in [-0.4, -0.2) is 24.1 Å². The van der Waals surface area contributed by atoms with Gasteiger partial charge in [0.15, 0.2) is 0 Å². The highest BCUT2D eigenvalue weighted by Crippen LogP contribution is 2.36. The smallest absolute Gasteiger partial charge is 0.416 e. The van der Waals surface area contributed by atoms with Crippen molar-refractivity contribution in [3.8, 4) is 22.1 Å². The van der Waals surface area contributed by atoms with Gasteiger partial charge in [-0.1, -0.05) is 19.1 Å². The Hall–Kier alpha value is -3.07. The zero-order chi connectivity index (χ0) is 23.1. The Bertz CT molecular complexity index is 1070. The van der Waals surface area contributed by atoms with Gasteiger partial charge in [0.2, 0.25) is 5.91 Å². The monoisotopic (exact) mass is 464 g/mol. The van der Waals surface area contributed by atoms with Crippen molar-refractivity contribution in [1.82, 2.24) is 4.98 Å². The summed E-state index contributed by atoms with van der Waals surface area (Å²) < 4.78 is 50.5. The molecule has 1 aromatic heterocycles. The number of thiazole rings is 1. The highest BCUT2D eigenvalue weighted by atomic mass is 32.1. The third kappa shape index (κ3) is 6.00. The summed E-state index contributed by atoms with van der Waals surface area (Å²) in [6, 6.07) is 10.5. The van der Waals surface area contributed by atoms with Crippen molar-refractivity contribution in [2.75, 3.05) is 18.5 Å². The zero-order valence-corrected chi connectivity index (χ0v) is 18.5. The lowest BCUT2D eigenvalue weighted by Gasteiger charge is -2.15. The number of aromatic nitrogens is 1. The first kappa shape index (κ1) is 23.6. The lowest BCUT2D eigenvalue weighted by Crippen LogP contribution is -2.16. The first-order valence-corrected chi connectivity index (χ1v) is 11.0. The molecule has 170 valence electrons. The SMILES string of the molecule is CCCOc1ccc(C(F)(F)F)cc1NC(=O)Cc1csc(-c2ccccc2OCC)n1. The highest BCUT2D eigenvalue weighted by Gasteiger charge is 2.31. The maximum atomic E-state index is 13.1. The van der Waals surface area contributed by atoms with E-state index in [4.69, 9.17) is 9.47 Å². The van der Waals surface area contributed by atoms with Crippen LogP contribution in [0.25, 0.3) is 10.6 Å². The molecule has 0 saturated heterocycles. The predicted molar refractivity (Wildman–Crippen MR) is 118 cm³/mol. The standard InChI is InChI=1S/C23H23F3N2O3S/c1-3-11-31-20-10-9-15(23(24,25)26)12-18(20)28-21(29)13-16-14-32-22(27-16)17-7-5-6-8-19(17)30-4-2/h5-10,12,14H,3-4,11,13H2,1-2H3,(H,28,29). The van der Waals surface area contributed by atoms with Crippen LogP contribution in [0, 0.1) is 0 Å². The van der Waals surface area contributed by atoms with Gasteiger partial charge in [-0.3, -0.25) is 4.79 Å². The number of ether oxygens (including phenoxy) is 2. The molecule has 1 heterocycles. The summed E-state index contributed by atoms with van der Waals surface area (Å²) in [6.45, 7) is 4.60. The molecule has 3 rings (SSSR count). The van der Waals surface area contributed by atoms with E-state index in [2.05, 4.69) is 10.3 Å². The van der Waals surface area contributed by atoms with E-state index in [-0.39, 0.29) is 17.9 Å². The number of para-hydroxylation sites is 1. The lowest BCUT2D eigenvalue weighted by molar-refractivity contribution is -0.137. The first-order chi connectivity index (χ1) is 15.3. The number of anilines is 1. The van der Waals surface area contributed by atoms with E-state index in [1.54, 1.807) is 5.38 Å². The normalized spacial score (nSPS) is 11.3. The van der Waals surface area contributed by atoms with E-state index in [0.717, 1.165) is 17.7 Å². The number of nitrogens with one attached hydrogen (secondary N) is 1. The Morgan fingerprint density at radius 2 is 1.88 bits per heavy atom. The summed E-state index contributed by atoms with van der Waals surface area (Å²) in [5.74, 6) is 0.403. The van der Waals surface area contributed by atoms with Crippen LogP contribution in [0.2, 0.25) is 0 Å². The summed E-state index contributed by atoms with van der Waals surface area (Å²) in [5, 5.41) is 4.98. The summed E-state index contributed by atoms with van der Waals surface area (Å²) in [4.78, 5) is 17.1. The quantitative estimate of drug-likeness (QED) is 0.410. The number of carbonyl (C=O) groups excluding carboxylic acids is 1. The van der Waals surface area contributed by atoms with Crippen molar-refractivity contribution < 1.29 is 27.4 Å². The minimum Gasteiger partial charge on any atom is -0.493 e. The molecule has 0 unspecified atom stereocenters. The van der Waals surface area contributed by atoms with Gasteiger partial charge in [-0.05, 0) is 43.7 Å². The molecular weight excluding hydrogens is 441 g/mol. The zero-order valence-electron chi connectivity index (χ0n) is 17.7. The van der Waals surface area contributed by atoms with Gasteiger partial charge in [0.1, 0.15) is 16.5 Å². The highest BCUT2D eigenvalue weighted by molar-refractivity contribution is 7.13. The maximum absolute atomic E-state index is 13.1. The van der Waals surface area contributed by atoms with Crippen LogP contribution in [-0.2, 0) is 17.4 Å². The van der Waals surface area contributed by atoms with Crippen molar-refractivity contribution in [3.63, 3.8) is 0 Å². The van der Waals surface area contributed by atoms with Crippen LogP contribution in [0.1, 0.15) is 31.5 Å². The number of amides is 1. The molecule has 1 amide bonds. The second-order valence-electron chi connectivity index (χ2n) is 6.86. The van der Waals surface area contributed by atoms with E-state index in [1.807, 2.05) is 38.1 Å². The second-order valence-corrected chi connectivity index (χ2v) is 7.71. The van der Waals surface area contributed by atoms with Crippen molar-refractivity contribution >= 4 is 22.9 Å². The number of halogens is 3. The van der Waals surface area contributed by atoms with Gasteiger partial charge >= 0.3 is 6.18 Å². The Morgan fingerprint density at radius 3 is 2.59 bits per heavy atom. The molecule has 9 heteroatoms. The summed E-state index contributed by atoms with van der Waals surface area (Å²) in [7, 11) is 0. The molecule has 0 spiro atoms. The second kappa shape index (κ2) is 10.5. The van der Waals surface area contributed by atoms with Crippen LogP contribution in [0.4, 0.5) is 18.9 Å². The average molecular weight is 465 g/mol. The molecule has 5 nitrogen and oxygen atoms in total. The van der Waals surface area contributed by atoms with E-state index in [0.29, 0.717) is 36.1 Å². The molecule has 0 radical (unpaired) electrons. The minimum atomic E-state index is -4.53. The Morgan fingerprint density at radius 1 is 1.09 bits per heavy atom. The molecule has 1 N–H and O–H groups in total. The average Bonchev–Trinajstić information content (AvgIpc) is 3.20. The first-order valence-electron chi connectivity index (χ1n) is 10.1. The molecule has 0 aliphatic carbocycles. The summed E-state index contributed by atoms with van der Waals surface area (Å²) >= 11 is 1.37. The number of benzene rings is 2. The molecule has 0 bridgehead atoms. The van der Waals surface area contributed by atoms with Crippen LogP contribution >= 0.6 is 11.3 Å². The number of alkyl halides is 3. The van der Waals surface area contributed by atoms with E-state index in [1.165, 1.54) is 17.4 Å². The fraction of sp³-hybridized carbons (Fsp3) is 0.304. The number of nitrogens with zero attached hydrogens (tertiary/aromatic N) is 1. The van der Waals surface area contributed by atoms with Gasteiger partial charge in [0.05, 0.1) is 42.1 Å². The molecule has 3 aromatic rings. The third-order valence-electron chi connectivity index (χ3n) is 4.35. The summed E-state index contributed by atoms with van der Waals surface area (Å²) in [5.41, 5.74) is 0.450. The molecule has 0 saturated carbocycles. The Balaban J connectivity index is 1.76. The van der Waals surface area contributed by atoms with Crippen molar-refractivity contribution in [2.45, 2.75) is 32.9 Å². The van der Waals surface area contributed by atoms with Crippen LogP contribution in [0.3, 0.4) is 0 Å². The van der Waals surface area contributed by atoms with Crippen LogP contribution in [0.15, 0.2) is 47.8 Å². The van der Waals surface area contributed by atoms with Gasteiger partial charge in [0, 0.05) is 5.38 Å². The van der Waals surface area contributed by atoms with Gasteiger partial charge in [-0.15, -0.1) is 11.3 Å². The minimum absolute atomic E-state index is 0.0181. The lowest BCUT2D eigenvalue weighted by atomic mass is 10.1. The van der Waals surface area contributed by atoms with Crippen molar-refractivity contribution in [2.24, 2.45) is 0 Å². The van der Waals surface area contributed by atoms with E-state index < -0.39 is 17.6 Å². The Labute approximate surface area is 188 Å². The number of hydrogen-bond acceptors (Lipinski definition) is 5. The number of rotatable bonds is 9. The van der Waals surface area contributed by atoms with Crippen molar-refractivity contribution in [1.29, 1.82) is 0 Å². The third-order valence-corrected chi connectivity index (χ3v) is 5.28. The van der Waals surface area contributed by atoms with E-state index in [9.17, 15) is 18.0 Å². The number of hydrogen-bond donors (Lipinski definition) is 1. The van der Waals surface area contributed by atoms with Crippen molar-refractivity contribution in [3.05, 3.63) is 59.1 Å². The van der Waals surface area contributed by atoms with Crippen LogP contribution in [0.5, 0.6) is 11.5 Å². The molecule has 2 aromatic carbocycles. The largest absolute Gasteiger partial charge is 0.493 e. The van der Waals surface area contributed by atoms with Gasteiger partial charge in [0.25, 0.3) is 0 Å². The number of carbonyl (C=O) groups is 1. The molecule has 0 atom stereocenters. The topological polar surface area (TPSA) is 60.5 Å². The maximum Gasteiger partial charge on any atom is 0.416 e.